The van der Waals surface area contributed by atoms with Crippen LogP contribution in [0.4, 0.5) is 0 Å². The Morgan fingerprint density at radius 1 is 1.55 bits per heavy atom. The minimum atomic E-state index is -2.94. The molecule has 0 amide bonds. The van der Waals surface area contributed by atoms with Crippen LogP contribution in [0.5, 0.6) is 0 Å². The minimum absolute atomic E-state index is 0.00463. The van der Waals surface area contributed by atoms with E-state index >= 15 is 0 Å². The van der Waals surface area contributed by atoms with Crippen molar-refractivity contribution in [3.8, 4) is 0 Å². The van der Waals surface area contributed by atoms with Gasteiger partial charge in [-0.15, -0.1) is 0 Å². The number of alkyl halides is 1. The predicted octanol–water partition coefficient (Wildman–Crippen LogP) is 0.897. The van der Waals surface area contributed by atoms with Crippen LogP contribution in [0.2, 0.25) is 0 Å². The number of hydrogen-bond donors (Lipinski definition) is 0. The van der Waals surface area contributed by atoms with Gasteiger partial charge in [-0.05, 0) is 5.53 Å². The van der Waals surface area contributed by atoms with Crippen LogP contribution >= 0.6 is 22.6 Å². The number of nitrogens with zero attached hydrogens (tertiary/aromatic N) is 3. The van der Waals surface area contributed by atoms with Crippen molar-refractivity contribution in [2.45, 2.75) is 9.97 Å². The maximum atomic E-state index is 10.9. The van der Waals surface area contributed by atoms with Gasteiger partial charge in [-0.1, -0.05) is 27.7 Å². The molecule has 1 rings (SSSR count). The van der Waals surface area contributed by atoms with E-state index in [-0.39, 0.29) is 21.5 Å². The monoisotopic (exact) mass is 287 g/mol. The summed E-state index contributed by atoms with van der Waals surface area (Å²) in [5.41, 5.74) is 8.07. The molecule has 2 unspecified atom stereocenters. The Morgan fingerprint density at radius 3 is 2.55 bits per heavy atom. The largest absolute Gasteiger partial charge is 0.229 e. The van der Waals surface area contributed by atoms with Gasteiger partial charge in [-0.3, -0.25) is 0 Å². The number of sulfone groups is 1. The fraction of sp³-hybridized carbons (Fsp3) is 1.00. The fourth-order valence-electron chi connectivity index (χ4n) is 0.958. The van der Waals surface area contributed by atoms with E-state index in [1.54, 1.807) is 0 Å². The summed E-state index contributed by atoms with van der Waals surface area (Å²) in [4.78, 5) is 2.59. The molecule has 0 aliphatic carbocycles. The summed E-state index contributed by atoms with van der Waals surface area (Å²) >= 11 is 2.00. The molecule has 7 heteroatoms. The molecule has 0 aromatic rings. The van der Waals surface area contributed by atoms with E-state index in [2.05, 4.69) is 10.0 Å². The fourth-order valence-corrected chi connectivity index (χ4v) is 5.01. The summed E-state index contributed by atoms with van der Waals surface area (Å²) in [6.07, 6.45) is 0. The van der Waals surface area contributed by atoms with Crippen molar-refractivity contribution in [3.05, 3.63) is 10.4 Å². The molecule has 1 saturated heterocycles. The lowest BCUT2D eigenvalue weighted by atomic mass is 10.3. The van der Waals surface area contributed by atoms with Gasteiger partial charge in [0.1, 0.15) is 0 Å². The summed E-state index contributed by atoms with van der Waals surface area (Å²) < 4.78 is 21.8. The zero-order valence-corrected chi connectivity index (χ0v) is 8.49. The van der Waals surface area contributed by atoms with Gasteiger partial charge >= 0.3 is 0 Å². The number of rotatable bonds is 1. The highest BCUT2D eigenvalue weighted by Crippen LogP contribution is 2.22. The van der Waals surface area contributed by atoms with Crippen LogP contribution in [-0.4, -0.2) is 29.9 Å². The molecule has 1 aliphatic heterocycles. The Bertz CT molecular complexity index is 294. The van der Waals surface area contributed by atoms with Gasteiger partial charge in [0.15, 0.2) is 9.84 Å². The maximum Gasteiger partial charge on any atom is 0.151 e. The predicted molar refractivity (Wildman–Crippen MR) is 49.4 cm³/mol. The number of azide groups is 1. The standard InChI is InChI=1S/C4H6IN3O2S/c5-3-1-11(9,10)2-4(3)7-8-6/h3-4H,1-2H2. The van der Waals surface area contributed by atoms with Crippen LogP contribution in [0.3, 0.4) is 0 Å². The Labute approximate surface area is 77.8 Å². The summed E-state index contributed by atoms with van der Waals surface area (Å²) in [7, 11) is -2.94. The van der Waals surface area contributed by atoms with Crippen molar-refractivity contribution in [1.29, 1.82) is 0 Å². The Hall–Kier alpha value is -0.0100. The molecule has 0 aromatic heterocycles. The third kappa shape index (κ3) is 2.21. The van der Waals surface area contributed by atoms with Gasteiger partial charge in [-0.25, -0.2) is 8.42 Å². The molecule has 11 heavy (non-hydrogen) atoms. The quantitative estimate of drug-likeness (QED) is 0.236. The molecule has 0 radical (unpaired) electrons. The van der Waals surface area contributed by atoms with Gasteiger partial charge in [0.2, 0.25) is 0 Å². The van der Waals surface area contributed by atoms with Gasteiger partial charge in [0, 0.05) is 8.84 Å². The van der Waals surface area contributed by atoms with Gasteiger partial charge < -0.3 is 0 Å². The van der Waals surface area contributed by atoms with Crippen molar-refractivity contribution in [3.63, 3.8) is 0 Å². The highest BCUT2D eigenvalue weighted by molar-refractivity contribution is 14.1. The Morgan fingerprint density at radius 2 is 2.18 bits per heavy atom. The van der Waals surface area contributed by atoms with Crippen LogP contribution < -0.4 is 0 Å². The summed E-state index contributed by atoms with van der Waals surface area (Å²) in [5, 5.41) is 3.39. The minimum Gasteiger partial charge on any atom is -0.229 e. The van der Waals surface area contributed by atoms with Crippen molar-refractivity contribution in [1.82, 2.24) is 0 Å². The molecular weight excluding hydrogens is 281 g/mol. The van der Waals surface area contributed by atoms with Gasteiger partial charge in [0.05, 0.1) is 17.5 Å². The summed E-state index contributed by atoms with van der Waals surface area (Å²) in [5.74, 6) is 0.141. The molecule has 0 aromatic carbocycles. The number of halogens is 1. The lowest BCUT2D eigenvalue weighted by Crippen LogP contribution is -2.13. The molecular formula is C4H6IN3O2S. The molecule has 2 atom stereocenters. The van der Waals surface area contributed by atoms with Crippen molar-refractivity contribution in [2.75, 3.05) is 11.5 Å². The van der Waals surface area contributed by atoms with Crippen molar-refractivity contribution in [2.24, 2.45) is 5.11 Å². The Kier molecular flexibility index (Phi) is 2.61. The molecule has 1 heterocycles. The second-order valence-corrected chi connectivity index (χ2v) is 6.12. The molecule has 1 aliphatic rings. The SMILES string of the molecule is [N-]=[N+]=NC1CS(=O)(=O)CC1I. The Balaban J connectivity index is 2.82. The van der Waals surface area contributed by atoms with Crippen molar-refractivity contribution < 1.29 is 8.42 Å². The zero-order chi connectivity index (χ0) is 8.48. The third-order valence-electron chi connectivity index (χ3n) is 1.46. The van der Waals surface area contributed by atoms with Crippen LogP contribution in [-0.2, 0) is 9.84 Å². The van der Waals surface area contributed by atoms with E-state index in [0.717, 1.165) is 0 Å². The lowest BCUT2D eigenvalue weighted by molar-refractivity contribution is 0.601. The van der Waals surface area contributed by atoms with Gasteiger partial charge in [-0.2, -0.15) is 0 Å². The highest BCUT2D eigenvalue weighted by Gasteiger charge is 2.34. The molecule has 0 spiro atoms. The summed E-state index contributed by atoms with van der Waals surface area (Å²) in [6, 6.07) is -0.370. The van der Waals surface area contributed by atoms with Crippen LogP contribution in [0, 0.1) is 0 Å². The van der Waals surface area contributed by atoms with Gasteiger partial charge in [0.25, 0.3) is 0 Å². The second kappa shape index (κ2) is 3.16. The number of hydrogen-bond acceptors (Lipinski definition) is 3. The first kappa shape index (κ1) is 9.08. The van der Waals surface area contributed by atoms with E-state index in [4.69, 9.17) is 5.53 Å². The van der Waals surface area contributed by atoms with E-state index < -0.39 is 9.84 Å². The molecule has 0 saturated carbocycles. The molecule has 62 valence electrons. The van der Waals surface area contributed by atoms with E-state index in [0.29, 0.717) is 0 Å². The average molecular weight is 287 g/mol. The average Bonchev–Trinajstić information content (AvgIpc) is 2.07. The van der Waals surface area contributed by atoms with Crippen LogP contribution in [0.25, 0.3) is 10.4 Å². The maximum absolute atomic E-state index is 10.9. The third-order valence-corrected chi connectivity index (χ3v) is 5.04. The van der Waals surface area contributed by atoms with Crippen LogP contribution in [0.15, 0.2) is 5.11 Å². The first-order valence-electron chi connectivity index (χ1n) is 2.94. The molecule has 5 nitrogen and oxygen atoms in total. The van der Waals surface area contributed by atoms with E-state index in [9.17, 15) is 8.42 Å². The topological polar surface area (TPSA) is 82.9 Å². The zero-order valence-electron chi connectivity index (χ0n) is 5.51. The lowest BCUT2D eigenvalue weighted by Gasteiger charge is -2.00. The molecule has 1 fully saturated rings. The molecule has 0 N–H and O–H groups in total. The summed E-state index contributed by atoms with van der Waals surface area (Å²) in [6.45, 7) is 0. The normalized spacial score (nSPS) is 34.6. The first-order valence-corrected chi connectivity index (χ1v) is 6.00. The van der Waals surface area contributed by atoms with E-state index in [1.807, 2.05) is 22.6 Å². The second-order valence-electron chi connectivity index (χ2n) is 2.37. The first-order chi connectivity index (χ1) is 5.05. The van der Waals surface area contributed by atoms with Crippen LogP contribution in [0.1, 0.15) is 0 Å². The van der Waals surface area contributed by atoms with Crippen molar-refractivity contribution >= 4 is 32.4 Å². The van der Waals surface area contributed by atoms with E-state index in [1.165, 1.54) is 0 Å². The smallest absolute Gasteiger partial charge is 0.151 e. The molecule has 0 bridgehead atoms. The highest BCUT2D eigenvalue weighted by atomic mass is 127.